The Hall–Kier alpha value is -2.14. The van der Waals surface area contributed by atoms with Gasteiger partial charge in [0, 0.05) is 0 Å². The predicted octanol–water partition coefficient (Wildman–Crippen LogP) is 1.92. The van der Waals surface area contributed by atoms with Gasteiger partial charge in [-0.3, -0.25) is 9.59 Å². The molecule has 0 aromatic heterocycles. The molecule has 3 aliphatic heterocycles. The zero-order valence-corrected chi connectivity index (χ0v) is 12.3. The molecule has 3 heterocycles. The lowest BCUT2D eigenvalue weighted by Gasteiger charge is -2.18. The van der Waals surface area contributed by atoms with Gasteiger partial charge < -0.3 is 9.47 Å². The highest BCUT2D eigenvalue weighted by molar-refractivity contribution is 6.23. The van der Waals surface area contributed by atoms with Crippen molar-refractivity contribution in [3.05, 3.63) is 36.4 Å². The molecular formula is C17H17NO4. The molecule has 0 N–H and O–H groups in total. The third-order valence-corrected chi connectivity index (χ3v) is 4.48. The summed E-state index contributed by atoms with van der Waals surface area (Å²) in [7, 11) is 0. The van der Waals surface area contributed by atoms with Crippen LogP contribution >= 0.6 is 0 Å². The Labute approximate surface area is 128 Å². The molecule has 2 saturated heterocycles. The first kappa shape index (κ1) is 13.5. The number of hydrogen-bond donors (Lipinski definition) is 0. The van der Waals surface area contributed by atoms with Gasteiger partial charge in [-0.1, -0.05) is 19.1 Å². The SMILES string of the molecule is CCCOc1ccc(N2C(=O)[C@H]3[C@H](C2=O)[C@H]2C=C[C@H]3O2)cc1. The Kier molecular flexibility index (Phi) is 3.04. The first-order valence-electron chi connectivity index (χ1n) is 7.65. The topological polar surface area (TPSA) is 55.8 Å². The van der Waals surface area contributed by atoms with Crippen molar-refractivity contribution in [3.63, 3.8) is 0 Å². The van der Waals surface area contributed by atoms with Gasteiger partial charge >= 0.3 is 0 Å². The van der Waals surface area contributed by atoms with E-state index in [4.69, 9.17) is 9.47 Å². The van der Waals surface area contributed by atoms with Gasteiger partial charge in [0.05, 0.1) is 36.3 Å². The van der Waals surface area contributed by atoms with E-state index in [0.29, 0.717) is 12.3 Å². The minimum absolute atomic E-state index is 0.158. The standard InChI is InChI=1S/C17H17NO4/c1-2-9-21-11-5-3-10(4-6-11)18-16(19)14-12-7-8-13(22-12)15(14)17(18)20/h3-8,12-15H,2,9H2,1H3/t12-,13-,14-,15-/m1/s1. The van der Waals surface area contributed by atoms with Gasteiger partial charge in [0.1, 0.15) is 5.75 Å². The van der Waals surface area contributed by atoms with E-state index in [0.717, 1.165) is 12.2 Å². The highest BCUT2D eigenvalue weighted by atomic mass is 16.5. The molecule has 3 aliphatic rings. The van der Waals surface area contributed by atoms with Crippen LogP contribution in [0.2, 0.25) is 0 Å². The molecule has 0 saturated carbocycles. The molecule has 0 spiro atoms. The zero-order valence-electron chi connectivity index (χ0n) is 12.3. The smallest absolute Gasteiger partial charge is 0.240 e. The summed E-state index contributed by atoms with van der Waals surface area (Å²) in [6.07, 6.45) is 4.22. The fourth-order valence-electron chi connectivity index (χ4n) is 3.47. The number of imide groups is 1. The van der Waals surface area contributed by atoms with E-state index in [1.165, 1.54) is 4.90 Å². The van der Waals surface area contributed by atoms with Gasteiger partial charge in [0.25, 0.3) is 0 Å². The van der Waals surface area contributed by atoms with Crippen LogP contribution < -0.4 is 9.64 Å². The van der Waals surface area contributed by atoms with Gasteiger partial charge in [-0.25, -0.2) is 4.90 Å². The first-order valence-corrected chi connectivity index (χ1v) is 7.65. The summed E-state index contributed by atoms with van der Waals surface area (Å²) in [5.41, 5.74) is 0.604. The van der Waals surface area contributed by atoms with Crippen LogP contribution in [-0.2, 0) is 14.3 Å². The number of carbonyl (C=O) groups is 2. The van der Waals surface area contributed by atoms with Crippen LogP contribution in [0.15, 0.2) is 36.4 Å². The Bertz CT molecular complexity index is 621. The summed E-state index contributed by atoms with van der Waals surface area (Å²) in [6.45, 7) is 2.69. The maximum absolute atomic E-state index is 12.6. The average molecular weight is 299 g/mol. The Morgan fingerprint density at radius 1 is 1.05 bits per heavy atom. The summed E-state index contributed by atoms with van der Waals surface area (Å²) >= 11 is 0. The second-order valence-electron chi connectivity index (χ2n) is 5.86. The monoisotopic (exact) mass is 299 g/mol. The van der Waals surface area contributed by atoms with Crippen LogP contribution in [0.5, 0.6) is 5.75 Å². The molecule has 1 aromatic rings. The van der Waals surface area contributed by atoms with Gasteiger partial charge in [0.2, 0.25) is 11.8 Å². The maximum Gasteiger partial charge on any atom is 0.240 e. The maximum atomic E-state index is 12.6. The molecule has 114 valence electrons. The summed E-state index contributed by atoms with van der Waals surface area (Å²) in [4.78, 5) is 26.5. The lowest BCUT2D eigenvalue weighted by Crippen LogP contribution is -2.34. The number of anilines is 1. The largest absolute Gasteiger partial charge is 0.494 e. The Balaban J connectivity index is 1.58. The molecule has 0 radical (unpaired) electrons. The van der Waals surface area contributed by atoms with Crippen LogP contribution in [0.1, 0.15) is 13.3 Å². The lowest BCUT2D eigenvalue weighted by atomic mass is 9.85. The third-order valence-electron chi connectivity index (χ3n) is 4.48. The van der Waals surface area contributed by atoms with Crippen LogP contribution in [0.4, 0.5) is 5.69 Å². The van der Waals surface area contributed by atoms with Gasteiger partial charge in [-0.2, -0.15) is 0 Å². The van der Waals surface area contributed by atoms with Crippen LogP contribution in [-0.4, -0.2) is 30.6 Å². The molecule has 2 bridgehead atoms. The molecule has 2 fully saturated rings. The molecule has 0 aliphatic carbocycles. The molecule has 2 amide bonds. The van der Waals surface area contributed by atoms with Gasteiger partial charge in [-0.15, -0.1) is 0 Å². The molecule has 0 unspecified atom stereocenters. The van der Waals surface area contributed by atoms with E-state index in [1.54, 1.807) is 24.3 Å². The molecule has 5 heteroatoms. The van der Waals surface area contributed by atoms with E-state index in [-0.39, 0.29) is 35.9 Å². The number of rotatable bonds is 4. The van der Waals surface area contributed by atoms with Crippen molar-refractivity contribution in [3.8, 4) is 5.75 Å². The number of nitrogens with zero attached hydrogens (tertiary/aromatic N) is 1. The van der Waals surface area contributed by atoms with Crippen molar-refractivity contribution < 1.29 is 19.1 Å². The first-order chi connectivity index (χ1) is 10.7. The normalized spacial score (nSPS) is 32.0. The van der Waals surface area contributed by atoms with E-state index in [2.05, 4.69) is 0 Å². The fourth-order valence-corrected chi connectivity index (χ4v) is 3.47. The van der Waals surface area contributed by atoms with Gasteiger partial charge in [0.15, 0.2) is 0 Å². The van der Waals surface area contributed by atoms with Crippen molar-refractivity contribution >= 4 is 17.5 Å². The van der Waals surface area contributed by atoms with E-state index in [1.807, 2.05) is 19.1 Å². The average Bonchev–Trinajstić information content (AvgIpc) is 3.20. The molecule has 4 atom stereocenters. The number of hydrogen-bond acceptors (Lipinski definition) is 4. The molecule has 22 heavy (non-hydrogen) atoms. The molecule has 1 aromatic carbocycles. The minimum Gasteiger partial charge on any atom is -0.494 e. The molecular weight excluding hydrogens is 282 g/mol. The van der Waals surface area contributed by atoms with Crippen molar-refractivity contribution in [1.82, 2.24) is 0 Å². The zero-order chi connectivity index (χ0) is 15.3. The van der Waals surface area contributed by atoms with E-state index < -0.39 is 0 Å². The van der Waals surface area contributed by atoms with Crippen molar-refractivity contribution in [2.45, 2.75) is 25.6 Å². The summed E-state index contributed by atoms with van der Waals surface area (Å²) in [5.74, 6) is -0.296. The highest BCUT2D eigenvalue weighted by Gasteiger charge is 2.60. The second-order valence-corrected chi connectivity index (χ2v) is 5.86. The van der Waals surface area contributed by atoms with Crippen molar-refractivity contribution in [2.24, 2.45) is 11.8 Å². The number of fused-ring (bicyclic) bond motifs is 5. The number of carbonyl (C=O) groups excluding carboxylic acids is 2. The summed E-state index contributed by atoms with van der Waals surface area (Å²) in [6, 6.07) is 7.11. The second kappa shape index (κ2) is 4.95. The minimum atomic E-state index is -0.362. The number of ether oxygens (including phenoxy) is 2. The van der Waals surface area contributed by atoms with Crippen molar-refractivity contribution in [2.75, 3.05) is 11.5 Å². The lowest BCUT2D eigenvalue weighted by molar-refractivity contribution is -0.124. The van der Waals surface area contributed by atoms with E-state index in [9.17, 15) is 9.59 Å². The summed E-state index contributed by atoms with van der Waals surface area (Å²) < 4.78 is 11.2. The van der Waals surface area contributed by atoms with Crippen LogP contribution in [0, 0.1) is 11.8 Å². The highest BCUT2D eigenvalue weighted by Crippen LogP contribution is 2.46. The Morgan fingerprint density at radius 3 is 2.18 bits per heavy atom. The van der Waals surface area contributed by atoms with E-state index >= 15 is 0 Å². The van der Waals surface area contributed by atoms with Crippen LogP contribution in [0.25, 0.3) is 0 Å². The fraction of sp³-hybridized carbons (Fsp3) is 0.412. The Morgan fingerprint density at radius 2 is 1.64 bits per heavy atom. The predicted molar refractivity (Wildman–Crippen MR) is 79.5 cm³/mol. The molecule has 5 nitrogen and oxygen atoms in total. The van der Waals surface area contributed by atoms with Crippen LogP contribution in [0.3, 0.4) is 0 Å². The molecule has 4 rings (SSSR count). The van der Waals surface area contributed by atoms with Gasteiger partial charge in [-0.05, 0) is 30.7 Å². The third kappa shape index (κ3) is 1.82. The summed E-state index contributed by atoms with van der Waals surface area (Å²) in [5, 5.41) is 0. The number of amides is 2. The number of benzene rings is 1. The van der Waals surface area contributed by atoms with Crippen molar-refractivity contribution in [1.29, 1.82) is 0 Å². The quantitative estimate of drug-likeness (QED) is 0.629.